The van der Waals surface area contributed by atoms with Gasteiger partial charge in [-0.1, -0.05) is 6.92 Å². The highest BCUT2D eigenvalue weighted by Gasteiger charge is 2.26. The molecule has 6 nitrogen and oxygen atoms in total. The van der Waals surface area contributed by atoms with Crippen molar-refractivity contribution in [1.82, 2.24) is 20.4 Å². The largest absolute Gasteiger partial charge is 0.356 e. The summed E-state index contributed by atoms with van der Waals surface area (Å²) in [4.78, 5) is 20.7. The first-order valence-corrected chi connectivity index (χ1v) is 9.52. The number of amides is 1. The van der Waals surface area contributed by atoms with E-state index in [1.54, 1.807) is 0 Å². The summed E-state index contributed by atoms with van der Waals surface area (Å²) in [7, 11) is 1.82. The molecule has 2 rings (SSSR count). The first-order chi connectivity index (χ1) is 11.5. The smallest absolute Gasteiger partial charge is 0.222 e. The number of carbonyl (C=O) groups is 1. The molecule has 2 fully saturated rings. The predicted molar refractivity (Wildman–Crippen MR) is 115 cm³/mol. The third-order valence-corrected chi connectivity index (χ3v) is 5.25. The van der Waals surface area contributed by atoms with Crippen LogP contribution in [0.1, 0.15) is 46.5 Å². The van der Waals surface area contributed by atoms with Crippen molar-refractivity contribution in [3.8, 4) is 0 Å². The molecule has 0 radical (unpaired) electrons. The normalized spacial score (nSPS) is 25.0. The molecule has 2 aliphatic rings. The van der Waals surface area contributed by atoms with E-state index in [-0.39, 0.29) is 29.9 Å². The molecule has 0 spiro atoms. The number of halogens is 1. The van der Waals surface area contributed by atoms with E-state index in [0.29, 0.717) is 24.4 Å². The molecule has 0 saturated carbocycles. The van der Waals surface area contributed by atoms with Gasteiger partial charge in [0.2, 0.25) is 5.91 Å². The number of carbonyl (C=O) groups excluding carboxylic acids is 1. The number of nitrogens with one attached hydrogen (secondary N) is 2. The van der Waals surface area contributed by atoms with E-state index >= 15 is 0 Å². The summed E-state index contributed by atoms with van der Waals surface area (Å²) in [6.07, 6.45) is 4.16. The van der Waals surface area contributed by atoms with Crippen LogP contribution in [0.5, 0.6) is 0 Å². The first kappa shape index (κ1) is 22.5. The Morgan fingerprint density at radius 1 is 1.24 bits per heavy atom. The van der Waals surface area contributed by atoms with E-state index in [4.69, 9.17) is 0 Å². The third kappa shape index (κ3) is 6.92. The monoisotopic (exact) mass is 465 g/mol. The lowest BCUT2D eigenvalue weighted by Crippen LogP contribution is -2.48. The van der Waals surface area contributed by atoms with Crippen LogP contribution >= 0.6 is 24.0 Å². The fraction of sp³-hybridized carbons (Fsp3) is 0.889. The predicted octanol–water partition coefficient (Wildman–Crippen LogP) is 1.90. The molecule has 2 unspecified atom stereocenters. The van der Waals surface area contributed by atoms with Crippen molar-refractivity contribution in [2.45, 2.75) is 58.5 Å². The first-order valence-electron chi connectivity index (χ1n) is 9.52. The Morgan fingerprint density at radius 3 is 2.64 bits per heavy atom. The molecule has 0 aliphatic carbocycles. The van der Waals surface area contributed by atoms with Crippen LogP contribution in [0.15, 0.2) is 4.99 Å². The zero-order valence-electron chi connectivity index (χ0n) is 16.3. The summed E-state index contributed by atoms with van der Waals surface area (Å²) in [5.41, 5.74) is 0. The van der Waals surface area contributed by atoms with Crippen molar-refractivity contribution in [2.75, 3.05) is 39.8 Å². The van der Waals surface area contributed by atoms with Gasteiger partial charge in [-0.15, -0.1) is 24.0 Å². The van der Waals surface area contributed by atoms with E-state index in [0.717, 1.165) is 32.0 Å². The number of nitrogens with zero attached hydrogens (tertiary/aromatic N) is 3. The highest BCUT2D eigenvalue weighted by atomic mass is 127. The van der Waals surface area contributed by atoms with Crippen molar-refractivity contribution in [1.29, 1.82) is 0 Å². The Kier molecular flexibility index (Phi) is 10.1. The summed E-state index contributed by atoms with van der Waals surface area (Å²) in [5.74, 6) is 1.80. The van der Waals surface area contributed by atoms with Crippen molar-refractivity contribution >= 4 is 35.8 Å². The third-order valence-electron chi connectivity index (χ3n) is 5.25. The van der Waals surface area contributed by atoms with Crippen LogP contribution in [0, 0.1) is 5.92 Å². The topological polar surface area (TPSA) is 60.0 Å². The minimum absolute atomic E-state index is 0. The lowest BCUT2D eigenvalue weighted by atomic mass is 9.97. The second-order valence-electron chi connectivity index (χ2n) is 7.37. The van der Waals surface area contributed by atoms with Crippen molar-refractivity contribution in [2.24, 2.45) is 10.9 Å². The maximum absolute atomic E-state index is 11.8. The molecule has 2 heterocycles. The fourth-order valence-corrected chi connectivity index (χ4v) is 3.69. The molecule has 0 aromatic carbocycles. The molecule has 0 aromatic rings. The zero-order valence-corrected chi connectivity index (χ0v) is 18.6. The molecule has 7 heteroatoms. The van der Waals surface area contributed by atoms with Gasteiger partial charge in [0.05, 0.1) is 0 Å². The van der Waals surface area contributed by atoms with Crippen LogP contribution in [-0.2, 0) is 4.79 Å². The Hall–Kier alpha value is -0.570. The van der Waals surface area contributed by atoms with Crippen LogP contribution in [-0.4, -0.2) is 73.5 Å². The standard InChI is InChI=1S/C18H35N5O.HI/c1-5-17(24)23-10-8-16(13-23)21-18(19-4)20-11-15-7-6-9-22(12-15)14(2)3;/h14-16H,5-13H2,1-4H3,(H2,19,20,21);1H. The lowest BCUT2D eigenvalue weighted by molar-refractivity contribution is -0.129. The Balaban J connectivity index is 0.00000312. The Morgan fingerprint density at radius 2 is 2.00 bits per heavy atom. The molecule has 0 aromatic heterocycles. The lowest BCUT2D eigenvalue weighted by Gasteiger charge is -2.35. The molecular weight excluding hydrogens is 429 g/mol. The number of aliphatic imine (C=N–C) groups is 1. The van der Waals surface area contributed by atoms with Crippen molar-refractivity contribution in [3.63, 3.8) is 0 Å². The highest BCUT2D eigenvalue weighted by molar-refractivity contribution is 14.0. The molecule has 1 amide bonds. The van der Waals surface area contributed by atoms with E-state index in [9.17, 15) is 4.79 Å². The van der Waals surface area contributed by atoms with Gasteiger partial charge in [0.25, 0.3) is 0 Å². The van der Waals surface area contributed by atoms with Gasteiger partial charge >= 0.3 is 0 Å². The molecular formula is C18H36IN5O. The van der Waals surface area contributed by atoms with E-state index < -0.39 is 0 Å². The van der Waals surface area contributed by atoms with Gasteiger partial charge < -0.3 is 20.4 Å². The minimum atomic E-state index is 0. The van der Waals surface area contributed by atoms with Crippen LogP contribution in [0.2, 0.25) is 0 Å². The second-order valence-corrected chi connectivity index (χ2v) is 7.37. The van der Waals surface area contributed by atoms with Crippen molar-refractivity contribution in [3.05, 3.63) is 0 Å². The zero-order chi connectivity index (χ0) is 17.5. The number of rotatable bonds is 5. The molecule has 2 N–H and O–H groups in total. The summed E-state index contributed by atoms with van der Waals surface area (Å²) in [6.45, 7) is 11.5. The van der Waals surface area contributed by atoms with Gasteiger partial charge in [0.15, 0.2) is 5.96 Å². The second kappa shape index (κ2) is 11.2. The number of piperidine rings is 1. The molecule has 2 saturated heterocycles. The van der Waals surface area contributed by atoms with Crippen LogP contribution in [0.25, 0.3) is 0 Å². The van der Waals surface area contributed by atoms with Gasteiger partial charge in [-0.3, -0.25) is 9.79 Å². The van der Waals surface area contributed by atoms with Crippen LogP contribution < -0.4 is 10.6 Å². The van der Waals surface area contributed by atoms with E-state index in [1.165, 1.54) is 25.9 Å². The Bertz CT molecular complexity index is 443. The minimum Gasteiger partial charge on any atom is -0.356 e. The van der Waals surface area contributed by atoms with Gasteiger partial charge in [-0.05, 0) is 45.6 Å². The summed E-state index contributed by atoms with van der Waals surface area (Å²) in [6, 6.07) is 0.941. The fourth-order valence-electron chi connectivity index (χ4n) is 3.69. The van der Waals surface area contributed by atoms with Crippen LogP contribution in [0.3, 0.4) is 0 Å². The average Bonchev–Trinajstić information content (AvgIpc) is 3.06. The highest BCUT2D eigenvalue weighted by Crippen LogP contribution is 2.17. The number of hydrogen-bond donors (Lipinski definition) is 2. The maximum Gasteiger partial charge on any atom is 0.222 e. The SMILES string of the molecule is CCC(=O)N1CCC(NC(=NC)NCC2CCCN(C(C)C)C2)C1.I. The van der Waals surface area contributed by atoms with Gasteiger partial charge in [-0.25, -0.2) is 0 Å². The Labute approximate surface area is 170 Å². The molecule has 25 heavy (non-hydrogen) atoms. The number of hydrogen-bond acceptors (Lipinski definition) is 3. The molecule has 146 valence electrons. The molecule has 0 bridgehead atoms. The summed E-state index contributed by atoms with van der Waals surface area (Å²) >= 11 is 0. The maximum atomic E-state index is 11.8. The number of guanidine groups is 1. The quantitative estimate of drug-likeness (QED) is 0.370. The molecule has 2 aliphatic heterocycles. The van der Waals surface area contributed by atoms with Gasteiger partial charge in [0.1, 0.15) is 0 Å². The van der Waals surface area contributed by atoms with E-state index in [1.807, 2.05) is 18.9 Å². The molecule has 2 atom stereocenters. The summed E-state index contributed by atoms with van der Waals surface area (Å²) in [5, 5.41) is 6.97. The van der Waals surface area contributed by atoms with E-state index in [2.05, 4.69) is 34.4 Å². The summed E-state index contributed by atoms with van der Waals surface area (Å²) < 4.78 is 0. The van der Waals surface area contributed by atoms with Gasteiger partial charge in [-0.2, -0.15) is 0 Å². The average molecular weight is 465 g/mol. The van der Waals surface area contributed by atoms with Gasteiger partial charge in [0, 0.05) is 51.7 Å². The van der Waals surface area contributed by atoms with Crippen molar-refractivity contribution < 1.29 is 4.79 Å². The number of likely N-dealkylation sites (tertiary alicyclic amines) is 2. The van der Waals surface area contributed by atoms with Crippen LogP contribution in [0.4, 0.5) is 0 Å².